The van der Waals surface area contributed by atoms with E-state index in [0.717, 1.165) is 57.9 Å². The highest BCUT2D eigenvalue weighted by atomic mass is 35.5. The summed E-state index contributed by atoms with van der Waals surface area (Å²) in [6, 6.07) is 7.53. The standard InChI is InChI=1S/C15H22N2O2.C5H5ClN2.ClH/c1-2-14(12-5-10-18-11-6-12)15(17-7-1)19-13-3-8-16-9-4-13;6-5-2-1-4(7)3-8-5;/h1-2,7,12-13,16H,3-6,8-11H2;1-3H,7H2;1H. The number of anilines is 1. The number of nitrogen functional groups attached to an aromatic ring is 1. The Morgan fingerprint density at radius 1 is 1.07 bits per heavy atom. The Kier molecular flexibility index (Phi) is 9.78. The Bertz CT molecular complexity index is 670. The second-order valence-electron chi connectivity index (χ2n) is 6.77. The second-order valence-corrected chi connectivity index (χ2v) is 7.15. The Labute approximate surface area is 177 Å². The zero-order valence-corrected chi connectivity index (χ0v) is 17.4. The minimum Gasteiger partial charge on any atom is -0.474 e. The minimum atomic E-state index is 0. The fraction of sp³-hybridized carbons (Fsp3) is 0.500. The van der Waals surface area contributed by atoms with Crippen molar-refractivity contribution in [2.75, 3.05) is 32.0 Å². The average Bonchev–Trinajstić information content (AvgIpc) is 2.73. The maximum Gasteiger partial charge on any atom is 0.217 e. The van der Waals surface area contributed by atoms with Gasteiger partial charge in [0.25, 0.3) is 0 Å². The van der Waals surface area contributed by atoms with E-state index in [-0.39, 0.29) is 12.4 Å². The highest BCUT2D eigenvalue weighted by Gasteiger charge is 2.22. The van der Waals surface area contributed by atoms with E-state index >= 15 is 0 Å². The van der Waals surface area contributed by atoms with E-state index < -0.39 is 0 Å². The molecule has 154 valence electrons. The molecule has 8 heteroatoms. The molecule has 4 heterocycles. The molecule has 0 atom stereocenters. The van der Waals surface area contributed by atoms with E-state index in [2.05, 4.69) is 21.4 Å². The van der Waals surface area contributed by atoms with Crippen LogP contribution in [0.4, 0.5) is 5.69 Å². The van der Waals surface area contributed by atoms with Crippen LogP contribution in [0.25, 0.3) is 0 Å². The molecule has 4 rings (SSSR count). The van der Waals surface area contributed by atoms with Crippen molar-refractivity contribution >= 4 is 29.7 Å². The minimum absolute atomic E-state index is 0. The highest BCUT2D eigenvalue weighted by molar-refractivity contribution is 6.29. The maximum absolute atomic E-state index is 6.15. The molecule has 0 bridgehead atoms. The van der Waals surface area contributed by atoms with E-state index in [0.29, 0.717) is 22.9 Å². The summed E-state index contributed by atoms with van der Waals surface area (Å²) in [5.74, 6) is 1.39. The van der Waals surface area contributed by atoms with Crippen molar-refractivity contribution < 1.29 is 9.47 Å². The van der Waals surface area contributed by atoms with Gasteiger partial charge in [-0.25, -0.2) is 9.97 Å². The molecule has 0 spiro atoms. The van der Waals surface area contributed by atoms with Crippen molar-refractivity contribution in [2.45, 2.75) is 37.7 Å². The zero-order chi connectivity index (χ0) is 18.9. The zero-order valence-electron chi connectivity index (χ0n) is 15.9. The number of nitrogens with one attached hydrogen (secondary N) is 1. The fourth-order valence-electron chi connectivity index (χ4n) is 3.28. The lowest BCUT2D eigenvalue weighted by Crippen LogP contribution is -2.34. The van der Waals surface area contributed by atoms with Gasteiger partial charge in [0.2, 0.25) is 5.88 Å². The van der Waals surface area contributed by atoms with Gasteiger partial charge in [-0.3, -0.25) is 0 Å². The van der Waals surface area contributed by atoms with E-state index in [4.69, 9.17) is 26.8 Å². The topological polar surface area (TPSA) is 82.3 Å². The molecule has 0 aromatic carbocycles. The summed E-state index contributed by atoms with van der Waals surface area (Å²) in [5, 5.41) is 3.83. The van der Waals surface area contributed by atoms with Gasteiger partial charge in [0.15, 0.2) is 0 Å². The lowest BCUT2D eigenvalue weighted by Gasteiger charge is -2.27. The maximum atomic E-state index is 6.15. The molecule has 0 unspecified atom stereocenters. The second kappa shape index (κ2) is 12.1. The molecule has 2 fully saturated rings. The quantitative estimate of drug-likeness (QED) is 0.725. The average molecular weight is 427 g/mol. The van der Waals surface area contributed by atoms with Gasteiger partial charge in [-0.15, -0.1) is 12.4 Å². The highest BCUT2D eigenvalue weighted by Crippen LogP contribution is 2.33. The third-order valence-electron chi connectivity index (χ3n) is 4.78. The van der Waals surface area contributed by atoms with Crippen molar-refractivity contribution in [1.82, 2.24) is 15.3 Å². The number of halogens is 2. The van der Waals surface area contributed by atoms with Crippen LogP contribution in [0.5, 0.6) is 5.88 Å². The van der Waals surface area contributed by atoms with Crippen molar-refractivity contribution in [3.05, 3.63) is 47.4 Å². The van der Waals surface area contributed by atoms with Gasteiger partial charge in [-0.1, -0.05) is 17.7 Å². The van der Waals surface area contributed by atoms with Crippen LogP contribution >= 0.6 is 24.0 Å². The summed E-state index contributed by atoms with van der Waals surface area (Å²) in [4.78, 5) is 8.18. The van der Waals surface area contributed by atoms with Crippen LogP contribution in [-0.4, -0.2) is 42.4 Å². The number of pyridine rings is 2. The van der Waals surface area contributed by atoms with Gasteiger partial charge < -0.3 is 20.5 Å². The van der Waals surface area contributed by atoms with Gasteiger partial charge in [0, 0.05) is 25.0 Å². The van der Waals surface area contributed by atoms with Crippen molar-refractivity contribution in [1.29, 1.82) is 0 Å². The molecule has 2 aliphatic rings. The molecule has 28 heavy (non-hydrogen) atoms. The number of hydrogen-bond donors (Lipinski definition) is 2. The predicted molar refractivity (Wildman–Crippen MR) is 114 cm³/mol. The van der Waals surface area contributed by atoms with Crippen LogP contribution in [0.3, 0.4) is 0 Å². The molecule has 0 radical (unpaired) electrons. The van der Waals surface area contributed by atoms with Gasteiger partial charge in [0.1, 0.15) is 11.3 Å². The van der Waals surface area contributed by atoms with Gasteiger partial charge in [0.05, 0.1) is 11.9 Å². The molecule has 6 nitrogen and oxygen atoms in total. The molecule has 2 saturated heterocycles. The third kappa shape index (κ3) is 7.09. The molecule has 2 aliphatic heterocycles. The first-order valence-corrected chi connectivity index (χ1v) is 9.87. The SMILES string of the molecule is Cl.Nc1ccc(Cl)nc1.c1cnc(OC2CCNCC2)c(C2CCOCC2)c1. The Balaban J connectivity index is 0.000000264. The van der Waals surface area contributed by atoms with Crippen LogP contribution in [0.1, 0.15) is 37.2 Å². The first-order chi connectivity index (χ1) is 13.2. The number of piperidine rings is 1. The van der Waals surface area contributed by atoms with Gasteiger partial charge >= 0.3 is 0 Å². The van der Waals surface area contributed by atoms with E-state index in [1.54, 1.807) is 12.1 Å². The lowest BCUT2D eigenvalue weighted by molar-refractivity contribution is 0.0832. The van der Waals surface area contributed by atoms with Crippen LogP contribution in [0.2, 0.25) is 5.15 Å². The smallest absolute Gasteiger partial charge is 0.217 e. The molecule has 3 N–H and O–H groups in total. The third-order valence-corrected chi connectivity index (χ3v) is 5.00. The summed E-state index contributed by atoms with van der Waals surface area (Å²) < 4.78 is 11.6. The summed E-state index contributed by atoms with van der Waals surface area (Å²) >= 11 is 5.44. The monoisotopic (exact) mass is 426 g/mol. The molecule has 0 aliphatic carbocycles. The molecular formula is C20H28Cl2N4O2. The Hall–Kier alpha value is -1.60. The first-order valence-electron chi connectivity index (χ1n) is 9.49. The number of nitrogens with zero attached hydrogens (tertiary/aromatic N) is 2. The summed E-state index contributed by atoms with van der Waals surface area (Å²) in [6.07, 6.45) is 7.97. The fourth-order valence-corrected chi connectivity index (χ4v) is 3.39. The number of ether oxygens (including phenoxy) is 2. The van der Waals surface area contributed by atoms with Crippen LogP contribution < -0.4 is 15.8 Å². The van der Waals surface area contributed by atoms with Crippen molar-refractivity contribution in [3.63, 3.8) is 0 Å². The van der Waals surface area contributed by atoms with E-state index in [9.17, 15) is 0 Å². The Morgan fingerprint density at radius 2 is 1.82 bits per heavy atom. The summed E-state index contributed by atoms with van der Waals surface area (Å²) in [7, 11) is 0. The predicted octanol–water partition coefficient (Wildman–Crippen LogP) is 3.85. The molecule has 2 aromatic heterocycles. The first kappa shape index (κ1) is 22.7. The number of nitrogens with two attached hydrogens (primary N) is 1. The van der Waals surface area contributed by atoms with E-state index in [1.165, 1.54) is 11.8 Å². The molecule has 2 aromatic rings. The summed E-state index contributed by atoms with van der Waals surface area (Å²) in [5.41, 5.74) is 7.21. The molecule has 0 saturated carbocycles. The normalized spacial score (nSPS) is 17.8. The summed E-state index contributed by atoms with van der Waals surface area (Å²) in [6.45, 7) is 3.80. The van der Waals surface area contributed by atoms with E-state index in [1.807, 2.05) is 12.3 Å². The van der Waals surface area contributed by atoms with Crippen molar-refractivity contribution in [2.24, 2.45) is 0 Å². The number of rotatable bonds is 3. The molecule has 0 amide bonds. The van der Waals surface area contributed by atoms with Gasteiger partial charge in [-0.05, 0) is 62.9 Å². The molecular weight excluding hydrogens is 399 g/mol. The largest absolute Gasteiger partial charge is 0.474 e. The van der Waals surface area contributed by atoms with Crippen molar-refractivity contribution in [3.8, 4) is 5.88 Å². The van der Waals surface area contributed by atoms with Crippen LogP contribution in [0, 0.1) is 0 Å². The Morgan fingerprint density at radius 3 is 2.46 bits per heavy atom. The van der Waals surface area contributed by atoms with Crippen LogP contribution in [0.15, 0.2) is 36.7 Å². The lowest BCUT2D eigenvalue weighted by atomic mass is 9.92. The van der Waals surface area contributed by atoms with Gasteiger partial charge in [-0.2, -0.15) is 0 Å². The van der Waals surface area contributed by atoms with Crippen LogP contribution in [-0.2, 0) is 4.74 Å². The number of hydrogen-bond acceptors (Lipinski definition) is 6. The number of aromatic nitrogens is 2.